The van der Waals surface area contributed by atoms with Crippen molar-refractivity contribution in [3.63, 3.8) is 0 Å². The molecule has 2 aliphatic rings. The van der Waals surface area contributed by atoms with Crippen LogP contribution in [0.3, 0.4) is 0 Å². The zero-order chi connectivity index (χ0) is 32.1. The minimum absolute atomic E-state index is 0.0112. The zero-order valence-corrected chi connectivity index (χ0v) is 26.6. The van der Waals surface area contributed by atoms with E-state index in [0.717, 1.165) is 25.7 Å². The molecule has 0 aliphatic heterocycles. The fourth-order valence-electron chi connectivity index (χ4n) is 7.73. The number of carbonyl (C=O) groups is 2. The summed E-state index contributed by atoms with van der Waals surface area (Å²) in [4.78, 5) is 59.4. The molecule has 43 heavy (non-hydrogen) atoms. The SMILES string of the molecule is Cc1[nH]c(NC(=O)NCC2(C)CC(C#N)CC(C)(C)C2)nc(=O)c1CCOC(=O)NCC1(C)CC(N=C=O)CC(C)(C)C1. The number of alkyl carbamates (subject to hydrolysis) is 1. The lowest BCUT2D eigenvalue weighted by atomic mass is 9.61. The van der Waals surface area contributed by atoms with E-state index >= 15 is 0 Å². The molecule has 2 saturated carbocycles. The van der Waals surface area contributed by atoms with Crippen LogP contribution in [-0.4, -0.2) is 53.9 Å². The predicted octanol–water partition coefficient (Wildman–Crippen LogP) is 4.75. The number of amides is 3. The molecular formula is C31H47N7O5. The third-order valence-corrected chi connectivity index (χ3v) is 8.67. The summed E-state index contributed by atoms with van der Waals surface area (Å²) in [6.45, 7) is 15.1. The van der Waals surface area contributed by atoms with E-state index in [9.17, 15) is 24.4 Å². The number of nitrogens with zero attached hydrogens (tertiary/aromatic N) is 3. The van der Waals surface area contributed by atoms with Gasteiger partial charge in [-0.25, -0.2) is 19.4 Å². The van der Waals surface area contributed by atoms with Crippen LogP contribution in [-0.2, 0) is 16.0 Å². The third-order valence-electron chi connectivity index (χ3n) is 8.67. The van der Waals surface area contributed by atoms with E-state index in [-0.39, 0.29) is 52.6 Å². The van der Waals surface area contributed by atoms with Gasteiger partial charge >= 0.3 is 12.1 Å². The van der Waals surface area contributed by atoms with Crippen LogP contribution in [0.2, 0.25) is 0 Å². The number of ether oxygens (including phenoxy) is 1. The number of isocyanates is 1. The molecule has 1 aromatic heterocycles. The van der Waals surface area contributed by atoms with Crippen LogP contribution >= 0.6 is 0 Å². The average Bonchev–Trinajstić information content (AvgIpc) is 2.86. The van der Waals surface area contributed by atoms with Crippen molar-refractivity contribution in [2.24, 2.45) is 32.6 Å². The van der Waals surface area contributed by atoms with Gasteiger partial charge in [0.1, 0.15) is 0 Å². The van der Waals surface area contributed by atoms with Crippen LogP contribution in [0.25, 0.3) is 0 Å². The molecule has 0 aromatic carbocycles. The van der Waals surface area contributed by atoms with Crippen molar-refractivity contribution in [3.8, 4) is 6.07 Å². The maximum Gasteiger partial charge on any atom is 0.407 e. The van der Waals surface area contributed by atoms with E-state index in [0.29, 0.717) is 37.2 Å². The van der Waals surface area contributed by atoms with Gasteiger partial charge < -0.3 is 20.4 Å². The predicted molar refractivity (Wildman–Crippen MR) is 162 cm³/mol. The van der Waals surface area contributed by atoms with E-state index < -0.39 is 17.7 Å². The summed E-state index contributed by atoms with van der Waals surface area (Å²) in [6, 6.07) is 1.77. The summed E-state index contributed by atoms with van der Waals surface area (Å²) < 4.78 is 5.33. The first-order valence-electron chi connectivity index (χ1n) is 15.0. The smallest absolute Gasteiger partial charge is 0.407 e. The number of urea groups is 1. The number of nitriles is 1. The van der Waals surface area contributed by atoms with Gasteiger partial charge in [-0.2, -0.15) is 10.2 Å². The van der Waals surface area contributed by atoms with Crippen molar-refractivity contribution in [2.75, 3.05) is 25.0 Å². The normalized spacial score (nSPS) is 27.6. The standard InChI is InChI=1S/C31H47N7O5/c1-20-23(8-9-43-27(42)34-18-31(7)13-22(35-19-39)12-29(4,5)16-31)24(40)37-25(36-20)38-26(41)33-17-30(6)11-21(14-32)10-28(2,3)15-30/h21-22H,8-13,15-18H2,1-7H3,(H,34,42)(H3,33,36,37,38,40,41). The Kier molecular flexibility index (Phi) is 10.4. The van der Waals surface area contributed by atoms with Crippen molar-refractivity contribution in [1.82, 2.24) is 20.6 Å². The Balaban J connectivity index is 1.48. The Bertz CT molecular complexity index is 1340. The molecule has 1 aromatic rings. The monoisotopic (exact) mass is 597 g/mol. The molecule has 236 valence electrons. The molecule has 3 rings (SSSR count). The number of H-pyrrole nitrogens is 1. The van der Waals surface area contributed by atoms with Crippen molar-refractivity contribution in [1.29, 1.82) is 5.26 Å². The second-order valence-corrected chi connectivity index (χ2v) is 14.9. The first-order valence-corrected chi connectivity index (χ1v) is 15.0. The minimum atomic E-state index is -0.590. The molecule has 12 heteroatoms. The summed E-state index contributed by atoms with van der Waals surface area (Å²) in [7, 11) is 0. The third kappa shape index (κ3) is 9.92. The molecule has 4 atom stereocenters. The molecular weight excluding hydrogens is 550 g/mol. The summed E-state index contributed by atoms with van der Waals surface area (Å²) in [5.41, 5.74) is -0.135. The van der Waals surface area contributed by atoms with Crippen LogP contribution in [0, 0.1) is 45.8 Å². The summed E-state index contributed by atoms with van der Waals surface area (Å²) >= 11 is 0. The van der Waals surface area contributed by atoms with E-state index in [4.69, 9.17) is 4.74 Å². The number of anilines is 1. The number of carbonyl (C=O) groups excluding carboxylic acids is 3. The van der Waals surface area contributed by atoms with Gasteiger partial charge in [-0.3, -0.25) is 10.1 Å². The van der Waals surface area contributed by atoms with Crippen LogP contribution in [0.4, 0.5) is 15.5 Å². The van der Waals surface area contributed by atoms with Crippen LogP contribution < -0.4 is 21.5 Å². The highest BCUT2D eigenvalue weighted by Crippen LogP contribution is 2.48. The topological polar surface area (TPSA) is 178 Å². The molecule has 2 fully saturated rings. The molecule has 0 radical (unpaired) electrons. The van der Waals surface area contributed by atoms with Gasteiger partial charge in [0.2, 0.25) is 12.0 Å². The summed E-state index contributed by atoms with van der Waals surface area (Å²) in [6.07, 6.45) is 6.00. The molecule has 2 aliphatic carbocycles. The highest BCUT2D eigenvalue weighted by atomic mass is 16.5. The van der Waals surface area contributed by atoms with Crippen molar-refractivity contribution in [3.05, 3.63) is 21.6 Å². The molecule has 4 N–H and O–H groups in total. The second-order valence-electron chi connectivity index (χ2n) is 14.9. The number of nitrogens with one attached hydrogen (secondary N) is 4. The molecule has 12 nitrogen and oxygen atoms in total. The largest absolute Gasteiger partial charge is 0.449 e. The van der Waals surface area contributed by atoms with Gasteiger partial charge in [0.15, 0.2) is 0 Å². The molecule has 4 unspecified atom stereocenters. The van der Waals surface area contributed by atoms with Gasteiger partial charge in [0, 0.05) is 36.7 Å². The lowest BCUT2D eigenvalue weighted by Crippen LogP contribution is -2.45. The first-order chi connectivity index (χ1) is 20.0. The van der Waals surface area contributed by atoms with E-state index in [1.54, 1.807) is 13.0 Å². The van der Waals surface area contributed by atoms with Crippen LogP contribution in [0.5, 0.6) is 0 Å². The highest BCUT2D eigenvalue weighted by molar-refractivity contribution is 5.87. The maximum atomic E-state index is 12.7. The molecule has 3 amide bonds. The van der Waals surface area contributed by atoms with Crippen molar-refractivity contribution < 1.29 is 19.1 Å². The fourth-order valence-corrected chi connectivity index (χ4v) is 7.73. The fraction of sp³-hybridized carbons (Fsp3) is 0.742. The number of aromatic amines is 1. The number of rotatable bonds is 9. The Morgan fingerprint density at radius 2 is 1.65 bits per heavy atom. The van der Waals surface area contributed by atoms with Crippen LogP contribution in [0.1, 0.15) is 91.3 Å². The van der Waals surface area contributed by atoms with Gasteiger partial charge in [0.05, 0.1) is 18.7 Å². The molecule has 0 bridgehead atoms. The number of aromatic nitrogens is 2. The van der Waals surface area contributed by atoms with E-state index in [1.165, 1.54) is 0 Å². The zero-order valence-electron chi connectivity index (χ0n) is 26.6. The lowest BCUT2D eigenvalue weighted by molar-refractivity contribution is 0.0753. The molecule has 0 saturated heterocycles. The van der Waals surface area contributed by atoms with Gasteiger partial charge in [-0.1, -0.05) is 41.5 Å². The van der Waals surface area contributed by atoms with E-state index in [2.05, 4.69) is 78.5 Å². The van der Waals surface area contributed by atoms with Gasteiger partial charge in [0.25, 0.3) is 5.56 Å². The lowest BCUT2D eigenvalue weighted by Gasteiger charge is -2.45. The Morgan fingerprint density at radius 1 is 1.02 bits per heavy atom. The Morgan fingerprint density at radius 3 is 2.28 bits per heavy atom. The number of aryl methyl sites for hydroxylation is 1. The quantitative estimate of drug-likeness (QED) is 0.234. The van der Waals surface area contributed by atoms with Gasteiger partial charge in [-0.05, 0) is 67.1 Å². The maximum absolute atomic E-state index is 12.7. The summed E-state index contributed by atoms with van der Waals surface area (Å²) in [5, 5.41) is 17.7. The number of hydrogen-bond acceptors (Lipinski definition) is 8. The van der Waals surface area contributed by atoms with E-state index in [1.807, 2.05) is 0 Å². The Labute approximate surface area is 253 Å². The molecule has 1 heterocycles. The van der Waals surface area contributed by atoms with Gasteiger partial charge in [-0.15, -0.1) is 0 Å². The van der Waals surface area contributed by atoms with Crippen LogP contribution in [0.15, 0.2) is 9.79 Å². The first kappa shape index (κ1) is 33.8. The Hall–Kier alpha value is -3.71. The summed E-state index contributed by atoms with van der Waals surface area (Å²) in [5.74, 6) is -0.0287. The second kappa shape index (κ2) is 13.3. The van der Waals surface area contributed by atoms with Crippen molar-refractivity contribution >= 4 is 24.2 Å². The molecule has 0 spiro atoms. The number of aliphatic imine (C=N–C) groups is 1. The minimum Gasteiger partial charge on any atom is -0.449 e. The van der Waals surface area contributed by atoms with Crippen molar-refractivity contribution in [2.45, 2.75) is 99.5 Å². The number of hydrogen-bond donors (Lipinski definition) is 4. The highest BCUT2D eigenvalue weighted by Gasteiger charge is 2.42. The average molecular weight is 598 g/mol.